The largest absolute Gasteiger partial charge is 0.490 e. The molecule has 112 valence electrons. The fraction of sp³-hybridized carbons (Fsp3) is 0.471. The van der Waals surface area contributed by atoms with Crippen LogP contribution in [-0.4, -0.2) is 24.3 Å². The van der Waals surface area contributed by atoms with Gasteiger partial charge in [0, 0.05) is 18.5 Å². The number of nitrogens with two attached hydrogens (primary N) is 1. The van der Waals surface area contributed by atoms with E-state index in [-0.39, 0.29) is 6.10 Å². The number of fused-ring (bicyclic) bond motifs is 1. The van der Waals surface area contributed by atoms with E-state index < -0.39 is 0 Å². The first kappa shape index (κ1) is 14.1. The molecule has 21 heavy (non-hydrogen) atoms. The quantitative estimate of drug-likeness (QED) is 0.938. The van der Waals surface area contributed by atoms with E-state index in [0.717, 1.165) is 53.7 Å². The molecule has 1 fully saturated rings. The lowest BCUT2D eigenvalue weighted by Crippen LogP contribution is -2.27. The lowest BCUT2D eigenvalue weighted by Gasteiger charge is -2.28. The first-order valence-corrected chi connectivity index (χ1v) is 7.52. The van der Waals surface area contributed by atoms with Crippen molar-refractivity contribution in [3.63, 3.8) is 0 Å². The van der Waals surface area contributed by atoms with Crippen LogP contribution >= 0.6 is 0 Å². The molecule has 4 heteroatoms. The van der Waals surface area contributed by atoms with Crippen LogP contribution in [0.2, 0.25) is 0 Å². The summed E-state index contributed by atoms with van der Waals surface area (Å²) in [6.45, 7) is 1.95. The summed E-state index contributed by atoms with van der Waals surface area (Å²) in [4.78, 5) is 4.54. The van der Waals surface area contributed by atoms with Gasteiger partial charge in [-0.1, -0.05) is 6.07 Å². The van der Waals surface area contributed by atoms with Crippen molar-refractivity contribution in [2.75, 3.05) is 12.8 Å². The summed E-state index contributed by atoms with van der Waals surface area (Å²) in [5.74, 6) is 0.846. The van der Waals surface area contributed by atoms with Gasteiger partial charge < -0.3 is 15.2 Å². The highest BCUT2D eigenvalue weighted by molar-refractivity contribution is 5.95. The molecule has 4 nitrogen and oxygen atoms in total. The third-order valence-corrected chi connectivity index (χ3v) is 4.20. The fourth-order valence-electron chi connectivity index (χ4n) is 3.09. The maximum Gasteiger partial charge on any atom is 0.131 e. The van der Waals surface area contributed by atoms with E-state index in [1.807, 2.05) is 31.2 Å². The number of hydrogen-bond donors (Lipinski definition) is 1. The zero-order valence-electron chi connectivity index (χ0n) is 12.6. The third kappa shape index (κ3) is 2.95. The molecule has 1 saturated carbocycles. The lowest BCUT2D eigenvalue weighted by atomic mass is 9.95. The lowest BCUT2D eigenvalue weighted by molar-refractivity contribution is 0.0332. The van der Waals surface area contributed by atoms with E-state index in [9.17, 15) is 0 Å². The molecule has 1 aliphatic carbocycles. The number of aryl methyl sites for hydroxylation is 1. The highest BCUT2D eigenvalue weighted by Crippen LogP contribution is 2.33. The van der Waals surface area contributed by atoms with Gasteiger partial charge in [-0.2, -0.15) is 0 Å². The minimum atomic E-state index is 0.239. The molecule has 2 aromatic rings. The highest BCUT2D eigenvalue weighted by atomic mass is 16.5. The first-order valence-electron chi connectivity index (χ1n) is 7.52. The number of methoxy groups -OCH3 is 1. The molecule has 0 saturated heterocycles. The molecule has 2 N–H and O–H groups in total. The Morgan fingerprint density at radius 2 is 1.86 bits per heavy atom. The van der Waals surface area contributed by atoms with Gasteiger partial charge in [0.05, 0.1) is 23.1 Å². The first-order chi connectivity index (χ1) is 10.2. The van der Waals surface area contributed by atoms with Crippen LogP contribution in [0.1, 0.15) is 31.4 Å². The Bertz CT molecular complexity index is 634. The second kappa shape index (κ2) is 5.90. The van der Waals surface area contributed by atoms with Crippen molar-refractivity contribution < 1.29 is 9.47 Å². The summed E-state index contributed by atoms with van der Waals surface area (Å²) in [7, 11) is 1.78. The van der Waals surface area contributed by atoms with Gasteiger partial charge >= 0.3 is 0 Å². The SMILES string of the molecule is CO[C@H]1CC[C@@H](Oc2cccc3nc(C)cc(N)c23)CC1. The number of rotatable bonds is 3. The van der Waals surface area contributed by atoms with Crippen LogP contribution in [0.25, 0.3) is 10.9 Å². The van der Waals surface area contributed by atoms with Crippen LogP contribution in [0.15, 0.2) is 24.3 Å². The van der Waals surface area contributed by atoms with Crippen molar-refractivity contribution in [2.24, 2.45) is 0 Å². The Morgan fingerprint density at radius 3 is 2.57 bits per heavy atom. The molecule has 0 radical (unpaired) electrons. The second-order valence-corrected chi connectivity index (χ2v) is 5.76. The van der Waals surface area contributed by atoms with Crippen molar-refractivity contribution in [1.29, 1.82) is 0 Å². The summed E-state index contributed by atoms with van der Waals surface area (Å²) in [6, 6.07) is 7.84. The number of nitrogen functional groups attached to an aromatic ring is 1. The van der Waals surface area contributed by atoms with Crippen molar-refractivity contribution in [3.8, 4) is 5.75 Å². The van der Waals surface area contributed by atoms with Gasteiger partial charge in [-0.05, 0) is 50.8 Å². The molecule has 3 rings (SSSR count). The molecule has 0 unspecified atom stereocenters. The van der Waals surface area contributed by atoms with Gasteiger partial charge in [-0.25, -0.2) is 0 Å². The Morgan fingerprint density at radius 1 is 1.14 bits per heavy atom. The van der Waals surface area contributed by atoms with Crippen LogP contribution in [0.3, 0.4) is 0 Å². The average molecular weight is 286 g/mol. The van der Waals surface area contributed by atoms with Crippen LogP contribution in [0.4, 0.5) is 5.69 Å². The molecule has 0 bridgehead atoms. The molecule has 0 atom stereocenters. The Labute approximate surface area is 125 Å². The zero-order valence-corrected chi connectivity index (χ0v) is 12.6. The van der Waals surface area contributed by atoms with E-state index in [4.69, 9.17) is 15.2 Å². The van der Waals surface area contributed by atoms with Crippen LogP contribution in [-0.2, 0) is 4.74 Å². The summed E-state index contributed by atoms with van der Waals surface area (Å²) in [5, 5.41) is 0.928. The Kier molecular flexibility index (Phi) is 3.97. The van der Waals surface area contributed by atoms with Gasteiger partial charge in [0.15, 0.2) is 0 Å². The summed E-state index contributed by atoms with van der Waals surface area (Å²) in [6.07, 6.45) is 4.77. The van der Waals surface area contributed by atoms with E-state index in [0.29, 0.717) is 6.10 Å². The topological polar surface area (TPSA) is 57.4 Å². The van der Waals surface area contributed by atoms with Crippen molar-refractivity contribution in [1.82, 2.24) is 4.98 Å². The molecule has 0 spiro atoms. The number of benzene rings is 1. The minimum Gasteiger partial charge on any atom is -0.490 e. The molecular weight excluding hydrogens is 264 g/mol. The third-order valence-electron chi connectivity index (χ3n) is 4.20. The maximum atomic E-state index is 6.21. The Balaban J connectivity index is 1.84. The standard InChI is InChI=1S/C17H22N2O2/c1-11-10-14(18)17-15(19-11)4-3-5-16(17)21-13-8-6-12(20-2)7-9-13/h3-5,10,12-13H,6-9H2,1-2H3,(H2,18,19)/t12-,13+. The fourth-order valence-corrected chi connectivity index (χ4v) is 3.09. The number of hydrogen-bond acceptors (Lipinski definition) is 4. The molecular formula is C17H22N2O2. The molecule has 1 aliphatic rings. The van der Waals surface area contributed by atoms with Crippen LogP contribution < -0.4 is 10.5 Å². The maximum absolute atomic E-state index is 6.21. The van der Waals surface area contributed by atoms with Gasteiger partial charge in [-0.3, -0.25) is 4.98 Å². The van der Waals surface area contributed by atoms with Crippen LogP contribution in [0, 0.1) is 6.92 Å². The number of ether oxygens (including phenoxy) is 2. The normalized spacial score (nSPS) is 22.4. The van der Waals surface area contributed by atoms with Crippen LogP contribution in [0.5, 0.6) is 5.75 Å². The van der Waals surface area contributed by atoms with E-state index in [1.165, 1.54) is 0 Å². The number of pyridine rings is 1. The van der Waals surface area contributed by atoms with Crippen molar-refractivity contribution in [2.45, 2.75) is 44.8 Å². The van der Waals surface area contributed by atoms with Gasteiger partial charge in [-0.15, -0.1) is 0 Å². The predicted molar refractivity (Wildman–Crippen MR) is 84.6 cm³/mol. The molecule has 1 aromatic heterocycles. The smallest absolute Gasteiger partial charge is 0.131 e. The van der Waals surface area contributed by atoms with Gasteiger partial charge in [0.1, 0.15) is 5.75 Å². The zero-order chi connectivity index (χ0) is 14.8. The van der Waals surface area contributed by atoms with Gasteiger partial charge in [0.25, 0.3) is 0 Å². The van der Waals surface area contributed by atoms with E-state index >= 15 is 0 Å². The monoisotopic (exact) mass is 286 g/mol. The van der Waals surface area contributed by atoms with Crippen molar-refractivity contribution >= 4 is 16.6 Å². The molecule has 1 heterocycles. The summed E-state index contributed by atoms with van der Waals surface area (Å²) < 4.78 is 11.6. The highest BCUT2D eigenvalue weighted by Gasteiger charge is 2.23. The molecule has 0 aliphatic heterocycles. The predicted octanol–water partition coefficient (Wildman–Crippen LogP) is 3.46. The summed E-state index contributed by atoms with van der Waals surface area (Å²) in [5.41, 5.74) is 8.73. The number of anilines is 1. The van der Waals surface area contributed by atoms with Crippen molar-refractivity contribution in [3.05, 3.63) is 30.0 Å². The number of aromatic nitrogens is 1. The molecule has 0 amide bonds. The second-order valence-electron chi connectivity index (χ2n) is 5.76. The van der Waals surface area contributed by atoms with E-state index in [1.54, 1.807) is 7.11 Å². The summed E-state index contributed by atoms with van der Waals surface area (Å²) >= 11 is 0. The Hall–Kier alpha value is -1.81. The minimum absolute atomic E-state index is 0.239. The van der Waals surface area contributed by atoms with Gasteiger partial charge in [0.2, 0.25) is 0 Å². The number of nitrogens with zero attached hydrogens (tertiary/aromatic N) is 1. The average Bonchev–Trinajstić information content (AvgIpc) is 2.47. The van der Waals surface area contributed by atoms with E-state index in [2.05, 4.69) is 4.98 Å². The molecule has 1 aromatic carbocycles.